The highest BCUT2D eigenvalue weighted by molar-refractivity contribution is 6.30. The van der Waals surface area contributed by atoms with E-state index in [0.29, 0.717) is 10.6 Å². The molecule has 15 heteroatoms. The van der Waals surface area contributed by atoms with Crippen molar-refractivity contribution in [3.05, 3.63) is 104 Å². The van der Waals surface area contributed by atoms with Gasteiger partial charge in [-0.2, -0.15) is 30.9 Å². The van der Waals surface area contributed by atoms with E-state index < -0.39 is 35.0 Å². The van der Waals surface area contributed by atoms with E-state index in [0.717, 1.165) is 50.5 Å². The second kappa shape index (κ2) is 9.62. The Bertz CT molecular complexity index is 1840. The Labute approximate surface area is 224 Å². The van der Waals surface area contributed by atoms with Gasteiger partial charge < -0.3 is 0 Å². The van der Waals surface area contributed by atoms with Crippen LogP contribution in [0.25, 0.3) is 27.9 Å². The van der Waals surface area contributed by atoms with E-state index in [4.69, 9.17) is 11.6 Å². The van der Waals surface area contributed by atoms with E-state index in [9.17, 15) is 35.9 Å². The summed E-state index contributed by atoms with van der Waals surface area (Å²) in [6, 6.07) is 9.80. The van der Waals surface area contributed by atoms with Crippen LogP contribution in [-0.2, 0) is 25.9 Å². The number of hydrogen-bond acceptors (Lipinski definition) is 5. The monoisotopic (exact) mass is 580 g/mol. The third-order valence-corrected chi connectivity index (χ3v) is 6.27. The molecule has 8 nitrogen and oxygen atoms in total. The van der Waals surface area contributed by atoms with Crippen LogP contribution in [0.15, 0.2) is 70.5 Å². The van der Waals surface area contributed by atoms with Crippen LogP contribution in [0.3, 0.4) is 0 Å². The predicted molar refractivity (Wildman–Crippen MR) is 132 cm³/mol. The summed E-state index contributed by atoms with van der Waals surface area (Å²) in [5.41, 5.74) is -3.23. The molecular formula is C25H15ClF6N6O2. The van der Waals surface area contributed by atoms with Crippen molar-refractivity contribution in [2.75, 3.05) is 0 Å². The number of halogens is 7. The quantitative estimate of drug-likeness (QED) is 0.278. The lowest BCUT2D eigenvalue weighted by Gasteiger charge is -2.14. The lowest BCUT2D eigenvalue weighted by molar-refractivity contribution is -0.141. The van der Waals surface area contributed by atoms with Crippen LogP contribution in [0.5, 0.6) is 0 Å². The first-order valence-corrected chi connectivity index (χ1v) is 11.7. The number of benzene rings is 1. The Kier molecular flexibility index (Phi) is 6.53. The van der Waals surface area contributed by atoms with Gasteiger partial charge in [0.15, 0.2) is 5.65 Å². The van der Waals surface area contributed by atoms with Crippen LogP contribution < -0.4 is 11.2 Å². The summed E-state index contributed by atoms with van der Waals surface area (Å²) in [5.74, 6) is 0. The smallest absolute Gasteiger partial charge is 0.267 e. The van der Waals surface area contributed by atoms with Gasteiger partial charge in [0, 0.05) is 35.6 Å². The second-order valence-electron chi connectivity index (χ2n) is 8.64. The number of fused-ring (bicyclic) bond motifs is 1. The highest BCUT2D eigenvalue weighted by Gasteiger charge is 2.33. The maximum absolute atomic E-state index is 13.6. The Balaban J connectivity index is 1.75. The fraction of sp³-hybridized carbons (Fsp3) is 0.160. The summed E-state index contributed by atoms with van der Waals surface area (Å²) >= 11 is 5.99. The fourth-order valence-corrected chi connectivity index (χ4v) is 4.25. The van der Waals surface area contributed by atoms with E-state index in [1.807, 2.05) is 0 Å². The van der Waals surface area contributed by atoms with Crippen LogP contribution in [0.1, 0.15) is 17.0 Å². The molecule has 0 radical (unpaired) electrons. The molecule has 0 aliphatic heterocycles. The molecule has 1 aromatic carbocycles. The lowest BCUT2D eigenvalue weighted by Crippen LogP contribution is -2.33. The van der Waals surface area contributed by atoms with E-state index in [1.54, 1.807) is 0 Å². The Morgan fingerprint density at radius 1 is 0.775 bits per heavy atom. The molecule has 0 saturated heterocycles. The van der Waals surface area contributed by atoms with Crippen LogP contribution in [0, 0.1) is 0 Å². The second-order valence-corrected chi connectivity index (χ2v) is 9.08. The molecule has 5 aromatic rings. The fourth-order valence-electron chi connectivity index (χ4n) is 4.13. The van der Waals surface area contributed by atoms with Crippen molar-refractivity contribution >= 4 is 17.2 Å². The molecular weight excluding hydrogens is 566 g/mol. The van der Waals surface area contributed by atoms with E-state index >= 15 is 0 Å². The van der Waals surface area contributed by atoms with Crippen molar-refractivity contribution in [1.82, 2.24) is 28.9 Å². The summed E-state index contributed by atoms with van der Waals surface area (Å²) in [5, 5.41) is 4.68. The minimum Gasteiger partial charge on any atom is -0.267 e. The maximum atomic E-state index is 13.6. The molecule has 5 rings (SSSR count). The Morgan fingerprint density at radius 3 is 1.88 bits per heavy atom. The largest absolute Gasteiger partial charge is 0.433 e. The molecule has 0 bridgehead atoms. The zero-order valence-electron chi connectivity index (χ0n) is 20.1. The zero-order valence-corrected chi connectivity index (χ0v) is 20.9. The van der Waals surface area contributed by atoms with Crippen molar-refractivity contribution in [3.63, 3.8) is 0 Å². The third kappa shape index (κ3) is 4.85. The molecule has 40 heavy (non-hydrogen) atoms. The van der Waals surface area contributed by atoms with Crippen LogP contribution in [-0.4, -0.2) is 28.9 Å². The minimum atomic E-state index is -4.71. The van der Waals surface area contributed by atoms with Crippen molar-refractivity contribution < 1.29 is 26.3 Å². The molecule has 4 aromatic heterocycles. The van der Waals surface area contributed by atoms with Crippen molar-refractivity contribution in [1.29, 1.82) is 0 Å². The third-order valence-electron chi connectivity index (χ3n) is 6.02. The minimum absolute atomic E-state index is 0.0153. The molecule has 0 amide bonds. The van der Waals surface area contributed by atoms with Gasteiger partial charge in [-0.25, -0.2) is 14.2 Å². The van der Waals surface area contributed by atoms with Gasteiger partial charge in [0.1, 0.15) is 11.4 Å². The van der Waals surface area contributed by atoms with Crippen LogP contribution >= 0.6 is 11.6 Å². The van der Waals surface area contributed by atoms with Gasteiger partial charge in [-0.3, -0.25) is 14.8 Å². The number of aromatic nitrogens is 6. The van der Waals surface area contributed by atoms with Gasteiger partial charge in [-0.1, -0.05) is 35.9 Å². The van der Waals surface area contributed by atoms with Gasteiger partial charge in [0.25, 0.3) is 5.56 Å². The maximum Gasteiger partial charge on any atom is 0.433 e. The van der Waals surface area contributed by atoms with E-state index in [1.165, 1.54) is 31.3 Å². The van der Waals surface area contributed by atoms with E-state index in [-0.39, 0.29) is 34.4 Å². The first kappa shape index (κ1) is 27.1. The molecule has 0 N–H and O–H groups in total. The van der Waals surface area contributed by atoms with E-state index in [2.05, 4.69) is 15.1 Å². The highest BCUT2D eigenvalue weighted by Crippen LogP contribution is 2.34. The summed E-state index contributed by atoms with van der Waals surface area (Å²) in [6.45, 7) is -0.305. The first-order chi connectivity index (χ1) is 18.8. The Hall–Kier alpha value is -4.46. The van der Waals surface area contributed by atoms with Crippen molar-refractivity contribution in [2.24, 2.45) is 7.05 Å². The number of nitrogens with zero attached hydrogens (tertiary/aromatic N) is 6. The number of rotatable bonds is 4. The lowest BCUT2D eigenvalue weighted by atomic mass is 9.97. The summed E-state index contributed by atoms with van der Waals surface area (Å²) < 4.78 is 81.0. The molecule has 0 aliphatic carbocycles. The predicted octanol–water partition coefficient (Wildman–Crippen LogP) is 5.06. The molecule has 0 unspecified atom stereocenters. The molecule has 0 saturated carbocycles. The summed E-state index contributed by atoms with van der Waals surface area (Å²) in [7, 11) is 1.30. The molecule has 206 valence electrons. The van der Waals surface area contributed by atoms with Gasteiger partial charge >= 0.3 is 18.0 Å². The number of hydrogen-bond donors (Lipinski definition) is 0. The van der Waals surface area contributed by atoms with Crippen molar-refractivity contribution in [3.8, 4) is 22.3 Å². The number of pyridine rings is 2. The highest BCUT2D eigenvalue weighted by atomic mass is 35.5. The first-order valence-electron chi connectivity index (χ1n) is 11.3. The standard InChI is InChI=1S/C25H15ClF6N6O2/c1-36-22(39)20(14-3-6-16(26)7-4-14)19(15-5-9-18(34-11-15)25(30,31)32)21-35-37(23(40)38(21)36)12-13-2-8-17(33-10-13)24(27,28)29/h2-11H,12H2,1H3. The molecule has 0 spiro atoms. The molecule has 0 atom stereocenters. The molecule has 0 fully saturated rings. The zero-order chi connectivity index (χ0) is 29.0. The SMILES string of the molecule is Cn1c(=O)c(-c2ccc(Cl)cc2)c(-c2ccc(C(F)(F)F)nc2)c2nn(Cc3ccc(C(F)(F)F)nc3)c(=O)n21. The summed E-state index contributed by atoms with van der Waals surface area (Å²) in [4.78, 5) is 33.7. The van der Waals surface area contributed by atoms with Crippen LogP contribution in [0.4, 0.5) is 26.3 Å². The van der Waals surface area contributed by atoms with Gasteiger partial charge in [-0.15, -0.1) is 5.10 Å². The average molecular weight is 581 g/mol. The normalized spacial score (nSPS) is 12.3. The molecule has 4 heterocycles. The van der Waals surface area contributed by atoms with Gasteiger partial charge in [0.05, 0.1) is 12.1 Å². The van der Waals surface area contributed by atoms with Gasteiger partial charge in [0.2, 0.25) is 0 Å². The average Bonchev–Trinajstić information content (AvgIpc) is 3.21. The topological polar surface area (TPSA) is 87.1 Å². The van der Waals surface area contributed by atoms with Crippen molar-refractivity contribution in [2.45, 2.75) is 18.9 Å². The van der Waals surface area contributed by atoms with Gasteiger partial charge in [-0.05, 0) is 35.4 Å². The molecule has 0 aliphatic rings. The number of alkyl halides is 6. The summed E-state index contributed by atoms with van der Waals surface area (Å²) in [6.07, 6.45) is -7.51. The Morgan fingerprint density at radius 2 is 1.35 bits per heavy atom. The number of aryl methyl sites for hydroxylation is 1. The van der Waals surface area contributed by atoms with Crippen LogP contribution in [0.2, 0.25) is 5.02 Å².